The average molecular weight is 150 g/mol. The van der Waals surface area contributed by atoms with Crippen LogP contribution in [0.5, 0.6) is 5.75 Å². The van der Waals surface area contributed by atoms with Gasteiger partial charge in [-0.25, -0.2) is 0 Å². The zero-order valence-corrected chi connectivity index (χ0v) is 5.90. The SMILES string of the molecule is Cc1noc2cncc(O)c12. The minimum absolute atomic E-state index is 0.112. The highest BCUT2D eigenvalue weighted by atomic mass is 16.5. The van der Waals surface area contributed by atoms with Crippen LogP contribution in [0, 0.1) is 6.92 Å². The van der Waals surface area contributed by atoms with E-state index in [1.54, 1.807) is 6.92 Å². The quantitative estimate of drug-likeness (QED) is 0.613. The molecule has 0 atom stereocenters. The molecule has 0 saturated heterocycles. The molecule has 2 rings (SSSR count). The van der Waals surface area contributed by atoms with Gasteiger partial charge < -0.3 is 9.63 Å². The maximum atomic E-state index is 9.28. The van der Waals surface area contributed by atoms with Crippen LogP contribution in [0.1, 0.15) is 5.69 Å². The van der Waals surface area contributed by atoms with Gasteiger partial charge in [0.05, 0.1) is 23.5 Å². The maximum absolute atomic E-state index is 9.28. The highest BCUT2D eigenvalue weighted by Crippen LogP contribution is 2.25. The first-order valence-corrected chi connectivity index (χ1v) is 3.18. The smallest absolute Gasteiger partial charge is 0.189 e. The van der Waals surface area contributed by atoms with E-state index in [1.807, 2.05) is 0 Å². The standard InChI is InChI=1S/C7H6N2O2/c1-4-7-5(10)2-8-3-6(7)11-9-4/h2-3,10H,1H3. The van der Waals surface area contributed by atoms with Crippen molar-refractivity contribution < 1.29 is 9.63 Å². The first kappa shape index (κ1) is 6.15. The summed E-state index contributed by atoms with van der Waals surface area (Å²) >= 11 is 0. The summed E-state index contributed by atoms with van der Waals surface area (Å²) in [5, 5.41) is 13.6. The molecule has 1 N–H and O–H groups in total. The van der Waals surface area contributed by atoms with E-state index in [4.69, 9.17) is 4.52 Å². The molecule has 2 aromatic heterocycles. The van der Waals surface area contributed by atoms with Gasteiger partial charge >= 0.3 is 0 Å². The van der Waals surface area contributed by atoms with Crippen LogP contribution in [0.4, 0.5) is 0 Å². The molecular weight excluding hydrogens is 144 g/mol. The number of hydrogen-bond acceptors (Lipinski definition) is 4. The van der Waals surface area contributed by atoms with Crippen LogP contribution < -0.4 is 0 Å². The minimum atomic E-state index is 0.112. The molecule has 11 heavy (non-hydrogen) atoms. The summed E-state index contributed by atoms with van der Waals surface area (Å²) in [4.78, 5) is 3.74. The number of aromatic nitrogens is 2. The molecule has 56 valence electrons. The number of fused-ring (bicyclic) bond motifs is 1. The van der Waals surface area contributed by atoms with Crippen molar-refractivity contribution in [1.29, 1.82) is 0 Å². The van der Waals surface area contributed by atoms with Crippen molar-refractivity contribution in [3.05, 3.63) is 18.1 Å². The van der Waals surface area contributed by atoms with Gasteiger partial charge in [-0.15, -0.1) is 0 Å². The Morgan fingerprint density at radius 1 is 1.45 bits per heavy atom. The second kappa shape index (κ2) is 1.95. The monoisotopic (exact) mass is 150 g/mol. The Balaban J connectivity index is 2.96. The summed E-state index contributed by atoms with van der Waals surface area (Å²) in [6, 6.07) is 0. The molecule has 0 aliphatic rings. The van der Waals surface area contributed by atoms with E-state index in [1.165, 1.54) is 12.4 Å². The Morgan fingerprint density at radius 3 is 3.00 bits per heavy atom. The molecule has 0 radical (unpaired) electrons. The third-order valence-corrected chi connectivity index (χ3v) is 1.53. The van der Waals surface area contributed by atoms with Crippen molar-refractivity contribution in [2.45, 2.75) is 6.92 Å². The van der Waals surface area contributed by atoms with Crippen LogP contribution in [0.25, 0.3) is 11.0 Å². The summed E-state index contributed by atoms with van der Waals surface area (Å²) in [6.07, 6.45) is 2.89. The summed E-state index contributed by atoms with van der Waals surface area (Å²) in [5.74, 6) is 0.112. The lowest BCUT2D eigenvalue weighted by Crippen LogP contribution is -1.73. The number of hydrogen-bond donors (Lipinski definition) is 1. The molecule has 4 nitrogen and oxygen atoms in total. The lowest BCUT2D eigenvalue weighted by molar-refractivity contribution is 0.449. The molecule has 0 amide bonds. The van der Waals surface area contributed by atoms with E-state index >= 15 is 0 Å². The van der Waals surface area contributed by atoms with Gasteiger partial charge in [-0.05, 0) is 6.92 Å². The van der Waals surface area contributed by atoms with E-state index in [0.29, 0.717) is 16.7 Å². The van der Waals surface area contributed by atoms with Crippen LogP contribution in [-0.4, -0.2) is 15.2 Å². The zero-order chi connectivity index (χ0) is 7.84. The highest BCUT2D eigenvalue weighted by Gasteiger charge is 2.07. The third kappa shape index (κ3) is 0.756. The fourth-order valence-electron chi connectivity index (χ4n) is 1.03. The van der Waals surface area contributed by atoms with Gasteiger partial charge in [0.2, 0.25) is 0 Å². The molecule has 0 aliphatic carbocycles. The van der Waals surface area contributed by atoms with Crippen LogP contribution in [0.2, 0.25) is 0 Å². The second-order valence-corrected chi connectivity index (χ2v) is 2.30. The molecule has 0 spiro atoms. The number of nitrogens with zero attached hydrogens (tertiary/aromatic N) is 2. The Labute approximate surface area is 62.5 Å². The van der Waals surface area contributed by atoms with Crippen molar-refractivity contribution in [1.82, 2.24) is 10.1 Å². The van der Waals surface area contributed by atoms with Gasteiger partial charge in [-0.1, -0.05) is 5.16 Å². The van der Waals surface area contributed by atoms with E-state index in [0.717, 1.165) is 0 Å². The van der Waals surface area contributed by atoms with Crippen molar-refractivity contribution in [2.75, 3.05) is 0 Å². The number of aromatic hydroxyl groups is 1. The zero-order valence-electron chi connectivity index (χ0n) is 5.90. The Hall–Kier alpha value is -1.58. The molecular formula is C7H6N2O2. The summed E-state index contributed by atoms with van der Waals surface area (Å²) in [6.45, 7) is 1.77. The summed E-state index contributed by atoms with van der Waals surface area (Å²) < 4.78 is 4.86. The first-order chi connectivity index (χ1) is 5.29. The van der Waals surface area contributed by atoms with Crippen molar-refractivity contribution in [3.63, 3.8) is 0 Å². The summed E-state index contributed by atoms with van der Waals surface area (Å²) in [7, 11) is 0. The lowest BCUT2D eigenvalue weighted by Gasteiger charge is -1.89. The lowest BCUT2D eigenvalue weighted by atomic mass is 10.2. The number of aryl methyl sites for hydroxylation is 1. The largest absolute Gasteiger partial charge is 0.505 e. The third-order valence-electron chi connectivity index (χ3n) is 1.53. The van der Waals surface area contributed by atoms with Gasteiger partial charge in [0.25, 0.3) is 0 Å². The van der Waals surface area contributed by atoms with Crippen LogP contribution in [0.3, 0.4) is 0 Å². The Morgan fingerprint density at radius 2 is 2.27 bits per heavy atom. The normalized spacial score (nSPS) is 10.6. The predicted molar refractivity (Wildman–Crippen MR) is 38.2 cm³/mol. The van der Waals surface area contributed by atoms with E-state index in [2.05, 4.69) is 10.1 Å². The number of rotatable bonds is 0. The summed E-state index contributed by atoms with van der Waals surface area (Å²) in [5.41, 5.74) is 1.20. The maximum Gasteiger partial charge on any atom is 0.189 e. The van der Waals surface area contributed by atoms with Crippen molar-refractivity contribution in [3.8, 4) is 5.75 Å². The van der Waals surface area contributed by atoms with E-state index < -0.39 is 0 Å². The van der Waals surface area contributed by atoms with Crippen molar-refractivity contribution in [2.24, 2.45) is 0 Å². The molecule has 2 heterocycles. The highest BCUT2D eigenvalue weighted by molar-refractivity contribution is 5.84. The molecule has 4 heteroatoms. The van der Waals surface area contributed by atoms with Gasteiger partial charge in [-0.2, -0.15) is 0 Å². The predicted octanol–water partition coefficient (Wildman–Crippen LogP) is 1.24. The fraction of sp³-hybridized carbons (Fsp3) is 0.143. The molecule has 0 fully saturated rings. The first-order valence-electron chi connectivity index (χ1n) is 3.18. The van der Waals surface area contributed by atoms with E-state index in [-0.39, 0.29) is 5.75 Å². The van der Waals surface area contributed by atoms with Gasteiger partial charge in [0.1, 0.15) is 5.75 Å². The average Bonchev–Trinajstić information content (AvgIpc) is 2.34. The Bertz CT molecular complexity index is 394. The van der Waals surface area contributed by atoms with Gasteiger partial charge in [0, 0.05) is 0 Å². The van der Waals surface area contributed by atoms with Gasteiger partial charge in [-0.3, -0.25) is 4.98 Å². The fourth-order valence-corrected chi connectivity index (χ4v) is 1.03. The van der Waals surface area contributed by atoms with Crippen LogP contribution >= 0.6 is 0 Å². The minimum Gasteiger partial charge on any atom is -0.505 e. The molecule has 0 unspecified atom stereocenters. The van der Waals surface area contributed by atoms with E-state index in [9.17, 15) is 5.11 Å². The van der Waals surface area contributed by atoms with Crippen LogP contribution in [0.15, 0.2) is 16.9 Å². The molecule has 0 aliphatic heterocycles. The van der Waals surface area contributed by atoms with Gasteiger partial charge in [0.15, 0.2) is 5.58 Å². The van der Waals surface area contributed by atoms with Crippen molar-refractivity contribution >= 4 is 11.0 Å². The molecule has 0 saturated carbocycles. The molecule has 0 aromatic carbocycles. The topological polar surface area (TPSA) is 59.2 Å². The van der Waals surface area contributed by atoms with Crippen LogP contribution in [-0.2, 0) is 0 Å². The Kier molecular flexibility index (Phi) is 1.09. The molecule has 2 aromatic rings. The number of pyridine rings is 1. The molecule has 0 bridgehead atoms. The second-order valence-electron chi connectivity index (χ2n) is 2.30.